The standard InChI is InChI=1S/C22H29N5.2C2HF3O2/c23-17-22-26-20(16-21(27-22)18-8-3-1-2-4-9-18)11-7-13-24-15-12-19-10-5-6-14-25-19;2*3-2(4,5)1(6)7/h5-6,10,14,16,18,24H,1-4,7-9,11-13,15H2;2*(H,6,7). The molecule has 3 N–H and O–H groups in total. The van der Waals surface area contributed by atoms with Gasteiger partial charge in [0.2, 0.25) is 5.82 Å². The zero-order chi connectivity index (χ0) is 30.9. The van der Waals surface area contributed by atoms with Gasteiger partial charge in [-0.15, -0.1) is 0 Å². The van der Waals surface area contributed by atoms with Crippen LogP contribution in [0.15, 0.2) is 30.5 Å². The van der Waals surface area contributed by atoms with Crippen LogP contribution in [0.3, 0.4) is 0 Å². The molecule has 226 valence electrons. The van der Waals surface area contributed by atoms with Crippen molar-refractivity contribution in [3.63, 3.8) is 0 Å². The molecule has 0 bridgehead atoms. The molecule has 0 radical (unpaired) electrons. The Bertz CT molecular complexity index is 1090. The largest absolute Gasteiger partial charge is 0.490 e. The molecule has 1 saturated carbocycles. The number of halogens is 6. The maximum atomic E-state index is 10.6. The summed E-state index contributed by atoms with van der Waals surface area (Å²) in [6, 6.07) is 10.3. The molecule has 0 saturated heterocycles. The lowest BCUT2D eigenvalue weighted by Gasteiger charge is -2.14. The fourth-order valence-corrected chi connectivity index (χ4v) is 3.76. The van der Waals surface area contributed by atoms with Crippen molar-refractivity contribution in [1.29, 1.82) is 5.26 Å². The zero-order valence-electron chi connectivity index (χ0n) is 22.0. The van der Waals surface area contributed by atoms with E-state index < -0.39 is 24.3 Å². The van der Waals surface area contributed by atoms with Gasteiger partial charge in [0.05, 0.1) is 0 Å². The third-order valence-corrected chi connectivity index (χ3v) is 5.73. The first kappa shape index (κ1) is 35.2. The van der Waals surface area contributed by atoms with Crippen LogP contribution < -0.4 is 5.32 Å². The summed E-state index contributed by atoms with van der Waals surface area (Å²) >= 11 is 0. The second-order valence-electron chi connectivity index (χ2n) is 8.94. The summed E-state index contributed by atoms with van der Waals surface area (Å²) in [7, 11) is 0. The SMILES string of the molecule is N#Cc1nc(CCCNCCc2ccccn2)cc(C2CCCCCC2)n1.O=C(O)C(F)(F)F.O=C(O)C(F)(F)F. The molecule has 2 aromatic heterocycles. The fourth-order valence-electron chi connectivity index (χ4n) is 3.76. The van der Waals surface area contributed by atoms with Gasteiger partial charge in [-0.25, -0.2) is 19.6 Å². The van der Waals surface area contributed by atoms with Gasteiger partial charge in [0.15, 0.2) is 0 Å². The number of nitrogens with zero attached hydrogens (tertiary/aromatic N) is 4. The fraction of sp³-hybridized carbons (Fsp3) is 0.538. The number of alkyl halides is 6. The third kappa shape index (κ3) is 15.5. The highest BCUT2D eigenvalue weighted by atomic mass is 19.4. The van der Waals surface area contributed by atoms with Crippen molar-refractivity contribution >= 4 is 11.9 Å². The van der Waals surface area contributed by atoms with Crippen LogP contribution in [-0.2, 0) is 22.4 Å². The summed E-state index contributed by atoms with van der Waals surface area (Å²) in [5, 5.41) is 27.0. The normalized spacial score (nSPS) is 13.9. The molecule has 41 heavy (non-hydrogen) atoms. The van der Waals surface area contributed by atoms with E-state index in [2.05, 4.69) is 38.5 Å². The molecule has 3 rings (SSSR count). The Hall–Kier alpha value is -3.80. The van der Waals surface area contributed by atoms with Crippen LogP contribution in [0.2, 0.25) is 0 Å². The Morgan fingerprint density at radius 1 is 0.902 bits per heavy atom. The van der Waals surface area contributed by atoms with Gasteiger partial charge >= 0.3 is 24.3 Å². The predicted molar refractivity (Wildman–Crippen MR) is 134 cm³/mol. The highest BCUT2D eigenvalue weighted by Gasteiger charge is 2.38. The average Bonchev–Trinajstić information content (AvgIpc) is 3.20. The number of carboxylic acid groups (broad SMARTS) is 2. The molecule has 0 atom stereocenters. The molecule has 0 aromatic carbocycles. The van der Waals surface area contributed by atoms with Gasteiger partial charge < -0.3 is 15.5 Å². The molecule has 9 nitrogen and oxygen atoms in total. The Balaban J connectivity index is 0.000000497. The van der Waals surface area contributed by atoms with Crippen LogP contribution in [-0.4, -0.2) is 62.5 Å². The number of aromatic nitrogens is 3. The number of nitrogens with one attached hydrogen (secondary N) is 1. The number of carbonyl (C=O) groups is 2. The number of aliphatic carboxylic acids is 2. The molecule has 2 aromatic rings. The van der Waals surface area contributed by atoms with Gasteiger partial charge in [0, 0.05) is 42.2 Å². The molecule has 0 unspecified atom stereocenters. The Labute approximate surface area is 232 Å². The van der Waals surface area contributed by atoms with E-state index in [1.165, 1.54) is 38.5 Å². The lowest BCUT2D eigenvalue weighted by Crippen LogP contribution is -2.21. The van der Waals surface area contributed by atoms with Gasteiger partial charge in [0.1, 0.15) is 6.07 Å². The lowest BCUT2D eigenvalue weighted by atomic mass is 9.95. The maximum absolute atomic E-state index is 10.6. The van der Waals surface area contributed by atoms with Crippen LogP contribution in [0.5, 0.6) is 0 Å². The van der Waals surface area contributed by atoms with Gasteiger partial charge in [-0.3, -0.25) is 4.98 Å². The summed E-state index contributed by atoms with van der Waals surface area (Å²) in [5.74, 6) is -4.69. The molecular formula is C26H31F6N5O4. The second-order valence-corrected chi connectivity index (χ2v) is 8.94. The minimum atomic E-state index is -5.08. The molecule has 0 amide bonds. The van der Waals surface area contributed by atoms with E-state index in [0.29, 0.717) is 11.7 Å². The summed E-state index contributed by atoms with van der Waals surface area (Å²) in [5.41, 5.74) is 3.21. The highest BCUT2D eigenvalue weighted by Crippen LogP contribution is 2.30. The number of hydrogen-bond acceptors (Lipinski definition) is 7. The maximum Gasteiger partial charge on any atom is 0.490 e. The van der Waals surface area contributed by atoms with Gasteiger partial charge in [-0.2, -0.15) is 31.6 Å². The van der Waals surface area contributed by atoms with Crippen molar-refractivity contribution < 1.29 is 46.1 Å². The van der Waals surface area contributed by atoms with E-state index in [1.54, 1.807) is 0 Å². The zero-order valence-corrected chi connectivity index (χ0v) is 22.0. The van der Waals surface area contributed by atoms with Crippen LogP contribution in [0, 0.1) is 11.3 Å². The Kier molecular flexibility index (Phi) is 15.3. The highest BCUT2D eigenvalue weighted by molar-refractivity contribution is 5.73. The minimum absolute atomic E-state index is 0.329. The minimum Gasteiger partial charge on any atom is -0.475 e. The van der Waals surface area contributed by atoms with Crippen LogP contribution in [0.4, 0.5) is 26.3 Å². The van der Waals surface area contributed by atoms with Crippen molar-refractivity contribution in [3.8, 4) is 6.07 Å². The van der Waals surface area contributed by atoms with E-state index in [-0.39, 0.29) is 0 Å². The predicted octanol–water partition coefficient (Wildman–Crippen LogP) is 5.21. The van der Waals surface area contributed by atoms with E-state index in [9.17, 15) is 31.6 Å². The molecule has 15 heteroatoms. The van der Waals surface area contributed by atoms with Crippen molar-refractivity contribution in [2.45, 2.75) is 76.1 Å². The summed E-state index contributed by atoms with van der Waals surface area (Å²) < 4.78 is 63.5. The average molecular weight is 592 g/mol. The van der Waals surface area contributed by atoms with Gasteiger partial charge in [0.25, 0.3) is 0 Å². The van der Waals surface area contributed by atoms with E-state index in [1.807, 2.05) is 18.3 Å². The number of pyridine rings is 1. The number of carboxylic acids is 2. The molecule has 2 heterocycles. The molecule has 0 spiro atoms. The second kappa shape index (κ2) is 17.8. The first-order chi connectivity index (χ1) is 19.2. The first-order valence-electron chi connectivity index (χ1n) is 12.7. The van der Waals surface area contributed by atoms with Gasteiger partial charge in [-0.05, 0) is 50.4 Å². The van der Waals surface area contributed by atoms with Crippen LogP contribution in [0.1, 0.15) is 73.8 Å². The smallest absolute Gasteiger partial charge is 0.475 e. The quantitative estimate of drug-likeness (QED) is 0.214. The topological polar surface area (TPSA) is 149 Å². The van der Waals surface area contributed by atoms with Crippen molar-refractivity contribution in [2.75, 3.05) is 13.1 Å². The monoisotopic (exact) mass is 591 g/mol. The first-order valence-corrected chi connectivity index (χ1v) is 12.7. The summed E-state index contributed by atoms with van der Waals surface area (Å²) in [6.07, 6.45) is 2.07. The van der Waals surface area contributed by atoms with E-state index in [4.69, 9.17) is 19.8 Å². The lowest BCUT2D eigenvalue weighted by molar-refractivity contribution is -0.193. The Morgan fingerprint density at radius 3 is 1.98 bits per heavy atom. The molecular weight excluding hydrogens is 560 g/mol. The van der Waals surface area contributed by atoms with Crippen LogP contribution in [0.25, 0.3) is 0 Å². The molecule has 1 aliphatic rings. The van der Waals surface area contributed by atoms with E-state index in [0.717, 1.165) is 49.4 Å². The van der Waals surface area contributed by atoms with Crippen molar-refractivity contribution in [3.05, 3.63) is 53.4 Å². The van der Waals surface area contributed by atoms with Crippen LogP contribution >= 0.6 is 0 Å². The number of aryl methyl sites for hydroxylation is 1. The summed E-state index contributed by atoms with van der Waals surface area (Å²) in [6.45, 7) is 1.87. The third-order valence-electron chi connectivity index (χ3n) is 5.73. The number of nitriles is 1. The molecule has 1 fully saturated rings. The molecule has 0 aliphatic heterocycles. The number of rotatable bonds is 8. The van der Waals surface area contributed by atoms with Crippen molar-refractivity contribution in [2.24, 2.45) is 0 Å². The van der Waals surface area contributed by atoms with Gasteiger partial charge in [-0.1, -0.05) is 31.7 Å². The van der Waals surface area contributed by atoms with Crippen molar-refractivity contribution in [1.82, 2.24) is 20.3 Å². The van der Waals surface area contributed by atoms with E-state index >= 15 is 0 Å². The Morgan fingerprint density at radius 2 is 1.49 bits per heavy atom. The molecule has 1 aliphatic carbocycles. The number of hydrogen-bond donors (Lipinski definition) is 3. The summed E-state index contributed by atoms with van der Waals surface area (Å²) in [4.78, 5) is 31.1.